The predicted octanol–water partition coefficient (Wildman–Crippen LogP) is 2.03. The van der Waals surface area contributed by atoms with Crippen molar-refractivity contribution in [3.63, 3.8) is 0 Å². The van der Waals surface area contributed by atoms with E-state index in [0.717, 1.165) is 30.3 Å². The van der Waals surface area contributed by atoms with Gasteiger partial charge in [-0.2, -0.15) is 0 Å². The average molecular weight is 277 g/mol. The predicted molar refractivity (Wildman–Crippen MR) is 79.5 cm³/mol. The topological polar surface area (TPSA) is 55.6 Å². The van der Waals surface area contributed by atoms with Crippen molar-refractivity contribution in [2.45, 2.75) is 12.6 Å². The summed E-state index contributed by atoms with van der Waals surface area (Å²) in [5.74, 6) is 1.88. The number of nitrogens with one attached hydrogen (secondary N) is 1. The van der Waals surface area contributed by atoms with Crippen molar-refractivity contribution in [3.8, 4) is 11.4 Å². The summed E-state index contributed by atoms with van der Waals surface area (Å²) in [5.41, 5.74) is 2.27. The Kier molecular flexibility index (Phi) is 2.97. The lowest BCUT2D eigenvalue weighted by Gasteiger charge is -2.25. The van der Waals surface area contributed by atoms with Crippen molar-refractivity contribution in [1.29, 1.82) is 0 Å². The van der Waals surface area contributed by atoms with Gasteiger partial charge in [-0.05, 0) is 17.7 Å². The van der Waals surface area contributed by atoms with E-state index in [-0.39, 0.29) is 6.04 Å². The number of hydrogen-bond donors (Lipinski definition) is 1. The second kappa shape index (κ2) is 5.10. The molecule has 1 atom stereocenters. The van der Waals surface area contributed by atoms with Crippen LogP contribution in [0.4, 0.5) is 0 Å². The van der Waals surface area contributed by atoms with Crippen molar-refractivity contribution in [2.75, 3.05) is 6.54 Å². The first kappa shape index (κ1) is 12.2. The largest absolute Gasteiger partial charge is 0.308 e. The summed E-state index contributed by atoms with van der Waals surface area (Å²) in [6.45, 7) is 1.78. The Hall–Kier alpha value is -2.53. The van der Waals surface area contributed by atoms with Gasteiger partial charge in [0.1, 0.15) is 0 Å². The van der Waals surface area contributed by atoms with E-state index in [1.807, 2.05) is 18.2 Å². The quantitative estimate of drug-likeness (QED) is 0.778. The van der Waals surface area contributed by atoms with Crippen molar-refractivity contribution in [2.24, 2.45) is 0 Å². The normalized spacial score (nSPS) is 17.4. The lowest BCUT2D eigenvalue weighted by atomic mass is 10.0. The molecule has 0 saturated heterocycles. The molecule has 0 radical (unpaired) electrons. The summed E-state index contributed by atoms with van der Waals surface area (Å²) in [5, 5.41) is 12.3. The molecule has 3 aromatic rings. The molecule has 1 N–H and O–H groups in total. The van der Waals surface area contributed by atoms with Gasteiger partial charge in [0.25, 0.3) is 0 Å². The molecular weight excluding hydrogens is 262 g/mol. The van der Waals surface area contributed by atoms with E-state index >= 15 is 0 Å². The molecule has 104 valence electrons. The highest BCUT2D eigenvalue weighted by molar-refractivity contribution is 5.54. The van der Waals surface area contributed by atoms with E-state index in [1.54, 1.807) is 12.4 Å². The van der Waals surface area contributed by atoms with Crippen LogP contribution in [0, 0.1) is 0 Å². The van der Waals surface area contributed by atoms with Gasteiger partial charge in [-0.3, -0.25) is 4.98 Å². The minimum atomic E-state index is 0.100. The molecule has 4 rings (SSSR count). The zero-order valence-corrected chi connectivity index (χ0v) is 11.5. The molecule has 5 heteroatoms. The Morgan fingerprint density at radius 2 is 1.81 bits per heavy atom. The summed E-state index contributed by atoms with van der Waals surface area (Å²) in [6, 6.07) is 14.4. The fraction of sp³-hybridized carbons (Fsp3) is 0.188. The van der Waals surface area contributed by atoms with Crippen LogP contribution >= 0.6 is 0 Å². The van der Waals surface area contributed by atoms with Crippen LogP contribution in [0.1, 0.15) is 17.4 Å². The van der Waals surface area contributed by atoms with Gasteiger partial charge in [-0.1, -0.05) is 30.3 Å². The van der Waals surface area contributed by atoms with E-state index in [4.69, 9.17) is 0 Å². The van der Waals surface area contributed by atoms with Gasteiger partial charge in [0.15, 0.2) is 11.6 Å². The maximum absolute atomic E-state index is 4.42. The number of hydrogen-bond acceptors (Lipinski definition) is 4. The van der Waals surface area contributed by atoms with Crippen LogP contribution in [-0.4, -0.2) is 26.3 Å². The van der Waals surface area contributed by atoms with Crippen molar-refractivity contribution < 1.29 is 0 Å². The summed E-state index contributed by atoms with van der Waals surface area (Å²) in [7, 11) is 0. The van der Waals surface area contributed by atoms with E-state index < -0.39 is 0 Å². The Morgan fingerprint density at radius 1 is 1.00 bits per heavy atom. The van der Waals surface area contributed by atoms with Crippen molar-refractivity contribution in [1.82, 2.24) is 25.1 Å². The molecule has 0 spiro atoms. The zero-order chi connectivity index (χ0) is 14.1. The number of aromatic nitrogens is 4. The second-order valence-electron chi connectivity index (χ2n) is 5.07. The molecule has 21 heavy (non-hydrogen) atoms. The third-order valence-electron chi connectivity index (χ3n) is 3.79. The van der Waals surface area contributed by atoms with Gasteiger partial charge in [0.05, 0.1) is 6.04 Å². The van der Waals surface area contributed by atoms with Crippen LogP contribution in [0.2, 0.25) is 0 Å². The van der Waals surface area contributed by atoms with Gasteiger partial charge in [-0.15, -0.1) is 10.2 Å². The number of nitrogens with zero attached hydrogens (tertiary/aromatic N) is 4. The van der Waals surface area contributed by atoms with E-state index in [9.17, 15) is 0 Å². The summed E-state index contributed by atoms with van der Waals surface area (Å²) >= 11 is 0. The smallest absolute Gasteiger partial charge is 0.164 e. The molecule has 3 heterocycles. The maximum atomic E-state index is 4.42. The third-order valence-corrected chi connectivity index (χ3v) is 3.79. The second-order valence-corrected chi connectivity index (χ2v) is 5.07. The number of benzene rings is 1. The molecule has 1 aliphatic heterocycles. The van der Waals surface area contributed by atoms with E-state index in [0.29, 0.717) is 0 Å². The minimum Gasteiger partial charge on any atom is -0.308 e. The van der Waals surface area contributed by atoms with Crippen LogP contribution in [0.15, 0.2) is 54.9 Å². The Bertz CT molecular complexity index is 736. The molecule has 5 nitrogen and oxygen atoms in total. The molecule has 1 aliphatic rings. The van der Waals surface area contributed by atoms with Crippen LogP contribution < -0.4 is 5.32 Å². The third kappa shape index (κ3) is 2.11. The van der Waals surface area contributed by atoms with Crippen molar-refractivity contribution >= 4 is 0 Å². The molecule has 1 unspecified atom stereocenters. The van der Waals surface area contributed by atoms with Crippen LogP contribution in [0.3, 0.4) is 0 Å². The highest BCUT2D eigenvalue weighted by Crippen LogP contribution is 2.27. The maximum Gasteiger partial charge on any atom is 0.164 e. The fourth-order valence-corrected chi connectivity index (χ4v) is 2.79. The number of rotatable bonds is 2. The summed E-state index contributed by atoms with van der Waals surface area (Å²) in [6.07, 6.45) is 3.57. The average Bonchev–Trinajstić information content (AvgIpc) is 3.00. The lowest BCUT2D eigenvalue weighted by Crippen LogP contribution is -2.34. The first-order valence-corrected chi connectivity index (χ1v) is 7.05. The number of fused-ring (bicyclic) bond motifs is 1. The molecule has 0 fully saturated rings. The van der Waals surface area contributed by atoms with E-state index in [1.165, 1.54) is 5.56 Å². The van der Waals surface area contributed by atoms with E-state index in [2.05, 4.69) is 49.3 Å². The molecule has 1 aromatic carbocycles. The molecule has 0 bridgehead atoms. The van der Waals surface area contributed by atoms with Gasteiger partial charge < -0.3 is 9.88 Å². The highest BCUT2D eigenvalue weighted by Gasteiger charge is 2.26. The van der Waals surface area contributed by atoms with Crippen LogP contribution in [-0.2, 0) is 6.54 Å². The summed E-state index contributed by atoms with van der Waals surface area (Å²) in [4.78, 5) is 4.06. The van der Waals surface area contributed by atoms with Crippen LogP contribution in [0.5, 0.6) is 0 Å². The van der Waals surface area contributed by atoms with Crippen molar-refractivity contribution in [3.05, 3.63) is 66.2 Å². The van der Waals surface area contributed by atoms with Crippen LogP contribution in [0.25, 0.3) is 11.4 Å². The van der Waals surface area contributed by atoms with Gasteiger partial charge in [-0.25, -0.2) is 0 Å². The SMILES string of the molecule is c1ccc(C2NCCn3c(-c4ccncc4)nnc32)cc1. The standard InChI is InChI=1S/C16H15N5/c1-2-4-12(5-3-1)14-16-20-19-15(21(16)11-10-18-14)13-6-8-17-9-7-13/h1-9,14,18H,10-11H2. The Balaban J connectivity index is 1.79. The molecule has 0 amide bonds. The fourth-order valence-electron chi connectivity index (χ4n) is 2.79. The monoisotopic (exact) mass is 277 g/mol. The first-order chi connectivity index (χ1) is 10.4. The molecular formula is C16H15N5. The van der Waals surface area contributed by atoms with Gasteiger partial charge >= 0.3 is 0 Å². The minimum absolute atomic E-state index is 0.100. The lowest BCUT2D eigenvalue weighted by molar-refractivity contribution is 0.458. The Labute approximate surface area is 122 Å². The molecule has 0 saturated carbocycles. The number of pyridine rings is 1. The highest BCUT2D eigenvalue weighted by atomic mass is 15.3. The molecule has 2 aromatic heterocycles. The Morgan fingerprint density at radius 3 is 2.62 bits per heavy atom. The first-order valence-electron chi connectivity index (χ1n) is 7.05. The van der Waals surface area contributed by atoms with Gasteiger partial charge in [0.2, 0.25) is 0 Å². The van der Waals surface area contributed by atoms with Gasteiger partial charge in [0, 0.05) is 31.0 Å². The summed E-state index contributed by atoms with van der Waals surface area (Å²) < 4.78 is 2.20. The zero-order valence-electron chi connectivity index (χ0n) is 11.5. The molecule has 0 aliphatic carbocycles.